The number of thioether (sulfide) groups is 2. The average molecular weight is 400 g/mol. The number of nitrogens with zero attached hydrogens (tertiary/aromatic N) is 5. The molecule has 13 heteroatoms. The van der Waals surface area contributed by atoms with Gasteiger partial charge in [0.2, 0.25) is 11.1 Å². The molecule has 3 rings (SSSR count). The first-order valence-corrected chi connectivity index (χ1v) is 9.43. The van der Waals surface area contributed by atoms with E-state index in [-0.39, 0.29) is 17.6 Å². The van der Waals surface area contributed by atoms with Gasteiger partial charge in [0.25, 0.3) is 0 Å². The monoisotopic (exact) mass is 400 g/mol. The van der Waals surface area contributed by atoms with Crippen LogP contribution in [-0.4, -0.2) is 77.1 Å². The number of carbonyl (C=O) groups excluding carboxylic acids is 2. The van der Waals surface area contributed by atoms with E-state index in [0.717, 1.165) is 0 Å². The number of ether oxygens (including phenoxy) is 1. The number of aromatic nitrogens is 4. The Morgan fingerprint density at radius 3 is 2.77 bits per heavy atom. The van der Waals surface area contributed by atoms with Crippen molar-refractivity contribution in [3.8, 4) is 0 Å². The maximum Gasteiger partial charge on any atom is 0.352 e. The van der Waals surface area contributed by atoms with Crippen molar-refractivity contribution in [1.29, 1.82) is 0 Å². The van der Waals surface area contributed by atoms with Crippen LogP contribution in [0.5, 0.6) is 0 Å². The predicted molar refractivity (Wildman–Crippen MR) is 90.8 cm³/mol. The first-order valence-electron chi connectivity index (χ1n) is 7.50. The number of hydrogen-bond donors (Lipinski definition) is 2. The Labute approximate surface area is 156 Å². The number of nitrogens with two attached hydrogens (primary N) is 1. The third kappa shape index (κ3) is 3.29. The van der Waals surface area contributed by atoms with Gasteiger partial charge in [-0.2, -0.15) is 0 Å². The summed E-state index contributed by atoms with van der Waals surface area (Å²) in [5.41, 5.74) is 6.02. The molecule has 0 spiro atoms. The molecule has 0 bridgehead atoms. The number of β-lactam (4-membered cyclic amide) rings is 1. The van der Waals surface area contributed by atoms with Gasteiger partial charge in [-0.3, -0.25) is 14.5 Å². The number of esters is 1. The quantitative estimate of drug-likeness (QED) is 0.337. The third-order valence-corrected chi connectivity index (χ3v) is 6.78. The number of hydrogen-bond acceptors (Lipinski definition) is 10. The van der Waals surface area contributed by atoms with Crippen LogP contribution in [0.25, 0.3) is 0 Å². The molecule has 1 fully saturated rings. The van der Waals surface area contributed by atoms with Gasteiger partial charge in [0.05, 0.1) is 0 Å². The molecule has 1 aromatic heterocycles. The Balaban J connectivity index is 1.90. The Bertz CT molecular complexity index is 796. The van der Waals surface area contributed by atoms with Crippen molar-refractivity contribution in [1.82, 2.24) is 25.1 Å². The molecule has 11 nitrogen and oxygen atoms in total. The normalized spacial score (nSPS) is 25.0. The van der Waals surface area contributed by atoms with Crippen LogP contribution in [0.3, 0.4) is 0 Å². The maximum atomic E-state index is 12.0. The zero-order valence-electron chi connectivity index (χ0n) is 13.9. The van der Waals surface area contributed by atoms with Crippen molar-refractivity contribution in [3.05, 3.63) is 11.3 Å². The van der Waals surface area contributed by atoms with Crippen LogP contribution in [0, 0.1) is 0 Å². The molecular weight excluding hydrogens is 384 g/mol. The zero-order chi connectivity index (χ0) is 19.0. The number of aliphatic carboxylic acids is 1. The summed E-state index contributed by atoms with van der Waals surface area (Å²) in [5, 5.41) is 20.6. The summed E-state index contributed by atoms with van der Waals surface area (Å²) < 4.78 is 6.52. The topological polar surface area (TPSA) is 154 Å². The van der Waals surface area contributed by atoms with E-state index in [1.165, 1.54) is 40.0 Å². The van der Waals surface area contributed by atoms with Crippen molar-refractivity contribution in [2.45, 2.75) is 28.7 Å². The van der Waals surface area contributed by atoms with E-state index in [4.69, 9.17) is 10.5 Å². The van der Waals surface area contributed by atoms with E-state index in [2.05, 4.69) is 15.5 Å². The summed E-state index contributed by atoms with van der Waals surface area (Å²) in [6.07, 6.45) is 0. The molecule has 1 unspecified atom stereocenters. The highest BCUT2D eigenvalue weighted by molar-refractivity contribution is 8.03. The Morgan fingerprint density at radius 1 is 1.46 bits per heavy atom. The summed E-state index contributed by atoms with van der Waals surface area (Å²) in [6, 6.07) is -0.756. The van der Waals surface area contributed by atoms with E-state index in [0.29, 0.717) is 16.5 Å². The molecule has 3 N–H and O–H groups in total. The molecule has 3 heterocycles. The largest absolute Gasteiger partial charge is 0.477 e. The van der Waals surface area contributed by atoms with Crippen LogP contribution < -0.4 is 5.73 Å². The second-order valence-corrected chi connectivity index (χ2v) is 7.92. The second-order valence-electron chi connectivity index (χ2n) is 5.60. The van der Waals surface area contributed by atoms with Gasteiger partial charge in [-0.05, 0) is 10.4 Å². The predicted octanol–water partition coefficient (Wildman–Crippen LogP) is -1.18. The fourth-order valence-electron chi connectivity index (χ4n) is 2.64. The molecule has 140 valence electrons. The van der Waals surface area contributed by atoms with E-state index < -0.39 is 29.3 Å². The summed E-state index contributed by atoms with van der Waals surface area (Å²) in [4.78, 5) is 36.2. The lowest BCUT2D eigenvalue weighted by molar-refractivity contribution is -0.148. The van der Waals surface area contributed by atoms with Gasteiger partial charge in [-0.15, -0.1) is 16.9 Å². The maximum absolute atomic E-state index is 12.0. The SMILES string of the molecule is CC(=O)OCC1=C(C(=O)O)N2C(=O)[C@@H](N)[C@H]2SC1CSc1nnnn1C. The van der Waals surface area contributed by atoms with Gasteiger partial charge in [0.1, 0.15) is 23.7 Å². The van der Waals surface area contributed by atoms with Gasteiger partial charge in [0.15, 0.2) is 0 Å². The number of aryl methyl sites for hydroxylation is 1. The molecule has 2 aliphatic rings. The van der Waals surface area contributed by atoms with Gasteiger partial charge in [-0.25, -0.2) is 9.48 Å². The summed E-state index contributed by atoms with van der Waals surface area (Å²) in [5.74, 6) is -1.82. The van der Waals surface area contributed by atoms with Crippen molar-refractivity contribution < 1.29 is 24.2 Å². The standard InChI is InChI=1S/C13H16N6O5S2/c1-5(20)24-3-6-7(4-25-13-15-16-17-18(13)2)26-11-8(14)10(21)19(11)9(6)12(22)23/h7-8,11H,3-4,14H2,1-2H3,(H,22,23)/t7?,8-,11-/m1/s1. The highest BCUT2D eigenvalue weighted by Crippen LogP contribution is 2.45. The van der Waals surface area contributed by atoms with Gasteiger partial charge in [0, 0.05) is 30.5 Å². The lowest BCUT2D eigenvalue weighted by Crippen LogP contribution is -2.69. The lowest BCUT2D eigenvalue weighted by atomic mass is 10.0. The summed E-state index contributed by atoms with van der Waals surface area (Å²) in [6.45, 7) is 1.03. The van der Waals surface area contributed by atoms with E-state index >= 15 is 0 Å². The summed E-state index contributed by atoms with van der Waals surface area (Å²) in [7, 11) is 1.69. The lowest BCUT2D eigenvalue weighted by Gasteiger charge is -2.50. The fraction of sp³-hybridized carbons (Fsp3) is 0.538. The first-order chi connectivity index (χ1) is 12.3. The molecule has 0 radical (unpaired) electrons. The second kappa shape index (κ2) is 7.25. The van der Waals surface area contributed by atoms with Crippen LogP contribution in [0.4, 0.5) is 0 Å². The van der Waals surface area contributed by atoms with Gasteiger partial charge in [-0.1, -0.05) is 11.8 Å². The highest BCUT2D eigenvalue weighted by atomic mass is 32.2. The van der Waals surface area contributed by atoms with Crippen LogP contribution in [0.2, 0.25) is 0 Å². The molecule has 0 saturated carbocycles. The van der Waals surface area contributed by atoms with E-state index in [1.54, 1.807) is 7.05 Å². The number of rotatable bonds is 6. The average Bonchev–Trinajstić information content (AvgIpc) is 3.01. The minimum absolute atomic E-state index is 0.164. The summed E-state index contributed by atoms with van der Waals surface area (Å²) >= 11 is 2.71. The van der Waals surface area contributed by atoms with Crippen LogP contribution >= 0.6 is 23.5 Å². The molecule has 0 aliphatic carbocycles. The van der Waals surface area contributed by atoms with Crippen LogP contribution in [-0.2, 0) is 26.2 Å². The number of fused-ring (bicyclic) bond motifs is 1. The van der Waals surface area contributed by atoms with E-state index in [9.17, 15) is 19.5 Å². The molecule has 3 atom stereocenters. The van der Waals surface area contributed by atoms with Crippen molar-refractivity contribution in [2.24, 2.45) is 12.8 Å². The number of carboxylic acids is 1. The Morgan fingerprint density at radius 2 is 2.19 bits per heavy atom. The fourth-order valence-corrected chi connectivity index (χ4v) is 5.28. The zero-order valence-corrected chi connectivity index (χ0v) is 15.5. The molecular formula is C13H16N6O5S2. The van der Waals surface area contributed by atoms with Gasteiger partial charge >= 0.3 is 11.9 Å². The van der Waals surface area contributed by atoms with E-state index in [1.807, 2.05) is 0 Å². The van der Waals surface area contributed by atoms with Crippen molar-refractivity contribution >= 4 is 41.4 Å². The highest BCUT2D eigenvalue weighted by Gasteiger charge is 2.54. The third-order valence-electron chi connectivity index (χ3n) is 3.90. The molecule has 0 aromatic carbocycles. The number of amides is 1. The minimum atomic E-state index is -1.26. The van der Waals surface area contributed by atoms with Crippen LogP contribution in [0.15, 0.2) is 16.4 Å². The molecule has 1 aromatic rings. The Hall–Kier alpha value is -2.12. The minimum Gasteiger partial charge on any atom is -0.477 e. The molecule has 1 amide bonds. The van der Waals surface area contributed by atoms with Crippen molar-refractivity contribution in [3.63, 3.8) is 0 Å². The number of carbonyl (C=O) groups is 3. The number of tetrazole rings is 1. The molecule has 26 heavy (non-hydrogen) atoms. The van der Waals surface area contributed by atoms with Gasteiger partial charge < -0.3 is 15.6 Å². The van der Waals surface area contributed by atoms with Crippen molar-refractivity contribution in [2.75, 3.05) is 12.4 Å². The smallest absolute Gasteiger partial charge is 0.352 e. The first kappa shape index (κ1) is 18.7. The molecule has 2 aliphatic heterocycles. The van der Waals surface area contributed by atoms with Crippen LogP contribution in [0.1, 0.15) is 6.92 Å². The number of carboxylic acid groups (broad SMARTS) is 1. The Kier molecular flexibility index (Phi) is 5.20. The molecule has 1 saturated heterocycles.